The van der Waals surface area contributed by atoms with Gasteiger partial charge in [0.15, 0.2) is 5.78 Å². The van der Waals surface area contributed by atoms with Crippen LogP contribution in [0.4, 0.5) is 0 Å². The molecule has 2 aliphatic rings. The number of nitrogens with zero attached hydrogens (tertiary/aromatic N) is 2. The normalized spacial score (nSPS) is 29.7. The zero-order valence-electron chi connectivity index (χ0n) is 12.5. The molecule has 3 atom stereocenters. The zero-order chi connectivity index (χ0) is 15.6. The molecule has 118 valence electrons. The van der Waals surface area contributed by atoms with Gasteiger partial charge >= 0.3 is 0 Å². The smallest absolute Gasteiger partial charge is 0.242 e. The van der Waals surface area contributed by atoms with Gasteiger partial charge in [0.05, 0.1) is 24.7 Å². The Hall–Kier alpha value is -1.47. The van der Waals surface area contributed by atoms with Gasteiger partial charge in [0.1, 0.15) is 0 Å². The van der Waals surface area contributed by atoms with E-state index >= 15 is 0 Å². The molecule has 0 aromatic carbocycles. The summed E-state index contributed by atoms with van der Waals surface area (Å²) in [5.41, 5.74) is 0. The van der Waals surface area contributed by atoms with Gasteiger partial charge in [0, 0.05) is 13.0 Å². The summed E-state index contributed by atoms with van der Waals surface area (Å²) in [5, 5.41) is 12.3. The Morgan fingerprint density at radius 3 is 2.57 bits per heavy atom. The van der Waals surface area contributed by atoms with E-state index in [2.05, 4.69) is 5.32 Å². The molecule has 2 N–H and O–H groups in total. The SMILES string of the molecule is CC(=O)C1CC(O)CN1C(=O)CNC(=O)C1CCCN1C. The lowest BCUT2D eigenvalue weighted by molar-refractivity contribution is -0.137. The number of rotatable bonds is 4. The number of hydrogen-bond donors (Lipinski definition) is 2. The van der Waals surface area contributed by atoms with Crippen molar-refractivity contribution < 1.29 is 19.5 Å². The van der Waals surface area contributed by atoms with Gasteiger partial charge in [-0.15, -0.1) is 0 Å². The van der Waals surface area contributed by atoms with Gasteiger partial charge in [-0.3, -0.25) is 19.3 Å². The molecule has 0 spiro atoms. The highest BCUT2D eigenvalue weighted by Gasteiger charge is 2.37. The lowest BCUT2D eigenvalue weighted by Gasteiger charge is -2.23. The first-order chi connectivity index (χ1) is 9.90. The van der Waals surface area contributed by atoms with Crippen LogP contribution in [0.1, 0.15) is 26.2 Å². The molecule has 21 heavy (non-hydrogen) atoms. The predicted octanol–water partition coefficient (Wildman–Crippen LogP) is -1.25. The summed E-state index contributed by atoms with van der Waals surface area (Å²) in [6.45, 7) is 2.33. The number of amides is 2. The van der Waals surface area contributed by atoms with Crippen molar-refractivity contribution in [1.29, 1.82) is 0 Å². The fraction of sp³-hybridized carbons (Fsp3) is 0.786. The van der Waals surface area contributed by atoms with Gasteiger partial charge in [0.25, 0.3) is 0 Å². The van der Waals surface area contributed by atoms with Crippen molar-refractivity contribution in [2.24, 2.45) is 0 Å². The minimum absolute atomic E-state index is 0.125. The number of carbonyl (C=O) groups excluding carboxylic acids is 3. The van der Waals surface area contributed by atoms with Gasteiger partial charge in [-0.2, -0.15) is 0 Å². The molecule has 2 aliphatic heterocycles. The van der Waals surface area contributed by atoms with Crippen LogP contribution < -0.4 is 5.32 Å². The fourth-order valence-electron chi connectivity index (χ4n) is 3.10. The zero-order valence-corrected chi connectivity index (χ0v) is 12.5. The van der Waals surface area contributed by atoms with Gasteiger partial charge in [-0.05, 0) is 33.4 Å². The molecular formula is C14H23N3O4. The van der Waals surface area contributed by atoms with Crippen molar-refractivity contribution in [2.45, 2.75) is 44.4 Å². The minimum atomic E-state index is -0.667. The summed E-state index contributed by atoms with van der Waals surface area (Å²) in [4.78, 5) is 39.0. The lowest BCUT2D eigenvalue weighted by Crippen LogP contribution is -2.48. The third-order valence-corrected chi connectivity index (χ3v) is 4.31. The standard InChI is InChI=1S/C14H23N3O4/c1-9(18)12-6-10(19)8-17(12)13(20)7-15-14(21)11-4-3-5-16(11)2/h10-12,19H,3-8H2,1-2H3,(H,15,21). The number of nitrogens with one attached hydrogen (secondary N) is 1. The summed E-state index contributed by atoms with van der Waals surface area (Å²) < 4.78 is 0. The number of Topliss-reactive ketones (excluding diaryl/α,β-unsaturated/α-hetero) is 1. The van der Waals surface area contributed by atoms with Crippen LogP contribution in [0.5, 0.6) is 0 Å². The van der Waals surface area contributed by atoms with Crippen LogP contribution in [0, 0.1) is 0 Å². The van der Waals surface area contributed by atoms with Crippen LogP contribution in [0.2, 0.25) is 0 Å². The maximum Gasteiger partial charge on any atom is 0.242 e. The van der Waals surface area contributed by atoms with E-state index in [9.17, 15) is 19.5 Å². The van der Waals surface area contributed by atoms with Crippen LogP contribution >= 0.6 is 0 Å². The summed E-state index contributed by atoms with van der Waals surface area (Å²) >= 11 is 0. The quantitative estimate of drug-likeness (QED) is 0.676. The molecule has 0 aliphatic carbocycles. The highest BCUT2D eigenvalue weighted by Crippen LogP contribution is 2.19. The van der Waals surface area contributed by atoms with Crippen molar-refractivity contribution in [3.05, 3.63) is 0 Å². The first-order valence-corrected chi connectivity index (χ1v) is 7.36. The van der Waals surface area contributed by atoms with E-state index in [-0.39, 0.29) is 43.1 Å². The van der Waals surface area contributed by atoms with Crippen molar-refractivity contribution in [1.82, 2.24) is 15.1 Å². The Labute approximate surface area is 124 Å². The molecule has 0 saturated carbocycles. The fourth-order valence-corrected chi connectivity index (χ4v) is 3.10. The molecule has 7 heteroatoms. The number of ketones is 1. The van der Waals surface area contributed by atoms with Crippen molar-refractivity contribution in [3.63, 3.8) is 0 Å². The molecule has 2 rings (SSSR count). The Bertz CT molecular complexity index is 440. The molecule has 0 radical (unpaired) electrons. The monoisotopic (exact) mass is 297 g/mol. The highest BCUT2D eigenvalue weighted by molar-refractivity contribution is 5.91. The number of β-amino-alcohol motifs (C(OH)–C–C–N with tert-alkyl or cyclic N) is 1. The maximum atomic E-state index is 12.1. The molecule has 2 heterocycles. The number of likely N-dealkylation sites (tertiary alicyclic amines) is 2. The number of aliphatic hydroxyl groups excluding tert-OH is 1. The van der Waals surface area contributed by atoms with Gasteiger partial charge < -0.3 is 15.3 Å². The lowest BCUT2D eigenvalue weighted by atomic mass is 10.1. The number of likely N-dealkylation sites (N-methyl/N-ethyl adjacent to an activating group) is 1. The van der Waals surface area contributed by atoms with E-state index in [1.54, 1.807) is 0 Å². The van der Waals surface area contributed by atoms with Gasteiger partial charge in [0.2, 0.25) is 11.8 Å². The second-order valence-corrected chi connectivity index (χ2v) is 5.92. The Balaban J connectivity index is 1.86. The van der Waals surface area contributed by atoms with Gasteiger partial charge in [-0.1, -0.05) is 0 Å². The molecule has 3 unspecified atom stereocenters. The molecule has 2 saturated heterocycles. The Morgan fingerprint density at radius 2 is 2.00 bits per heavy atom. The second kappa shape index (κ2) is 6.53. The molecule has 2 amide bonds. The van der Waals surface area contributed by atoms with Crippen molar-refractivity contribution >= 4 is 17.6 Å². The van der Waals surface area contributed by atoms with E-state index < -0.39 is 12.1 Å². The predicted molar refractivity (Wildman–Crippen MR) is 75.5 cm³/mol. The Kier molecular flexibility index (Phi) is 4.95. The van der Waals surface area contributed by atoms with E-state index in [0.29, 0.717) is 0 Å². The van der Waals surface area contributed by atoms with Crippen LogP contribution in [0.15, 0.2) is 0 Å². The number of hydrogen-bond acceptors (Lipinski definition) is 5. The van der Waals surface area contributed by atoms with Crippen LogP contribution in [0.25, 0.3) is 0 Å². The van der Waals surface area contributed by atoms with Crippen LogP contribution in [-0.2, 0) is 14.4 Å². The summed E-state index contributed by atoms with van der Waals surface area (Å²) in [5.74, 6) is -0.607. The second-order valence-electron chi connectivity index (χ2n) is 5.92. The third kappa shape index (κ3) is 3.59. The minimum Gasteiger partial charge on any atom is -0.391 e. The Morgan fingerprint density at radius 1 is 1.29 bits per heavy atom. The van der Waals surface area contributed by atoms with Crippen molar-refractivity contribution in [3.8, 4) is 0 Å². The van der Waals surface area contributed by atoms with Crippen LogP contribution in [-0.4, -0.2) is 77.4 Å². The molecule has 0 aromatic heterocycles. The van der Waals surface area contributed by atoms with Gasteiger partial charge in [-0.25, -0.2) is 0 Å². The molecule has 2 fully saturated rings. The van der Waals surface area contributed by atoms with Crippen LogP contribution in [0.3, 0.4) is 0 Å². The molecule has 7 nitrogen and oxygen atoms in total. The van der Waals surface area contributed by atoms with Crippen molar-refractivity contribution in [2.75, 3.05) is 26.7 Å². The highest BCUT2D eigenvalue weighted by atomic mass is 16.3. The summed E-state index contributed by atoms with van der Waals surface area (Å²) in [7, 11) is 1.89. The first kappa shape index (κ1) is 15.9. The number of carbonyl (C=O) groups is 3. The maximum absolute atomic E-state index is 12.1. The third-order valence-electron chi connectivity index (χ3n) is 4.31. The molecule has 0 aromatic rings. The van der Waals surface area contributed by atoms with E-state index in [4.69, 9.17) is 0 Å². The van der Waals surface area contributed by atoms with E-state index in [1.807, 2.05) is 11.9 Å². The largest absolute Gasteiger partial charge is 0.391 e. The van der Waals surface area contributed by atoms with E-state index in [1.165, 1.54) is 11.8 Å². The molecular weight excluding hydrogens is 274 g/mol. The first-order valence-electron chi connectivity index (χ1n) is 7.36. The molecule has 0 bridgehead atoms. The van der Waals surface area contributed by atoms with E-state index in [0.717, 1.165) is 19.4 Å². The number of aliphatic hydroxyl groups is 1. The summed E-state index contributed by atoms with van der Waals surface area (Å²) in [6.07, 6.45) is 1.39. The summed E-state index contributed by atoms with van der Waals surface area (Å²) in [6, 6.07) is -0.746. The topological polar surface area (TPSA) is 90.0 Å². The average molecular weight is 297 g/mol. The average Bonchev–Trinajstić information content (AvgIpc) is 3.01.